The second-order valence-corrected chi connectivity index (χ2v) is 8.10. The summed E-state index contributed by atoms with van der Waals surface area (Å²) in [7, 11) is 1.84. The summed E-state index contributed by atoms with van der Waals surface area (Å²) >= 11 is 0. The normalized spacial score (nSPS) is 11.2. The number of carbonyl (C=O) groups is 1. The van der Waals surface area contributed by atoms with Crippen LogP contribution in [0.5, 0.6) is 0 Å². The van der Waals surface area contributed by atoms with E-state index in [9.17, 15) is 4.79 Å². The predicted molar refractivity (Wildman–Crippen MR) is 120 cm³/mol. The lowest BCUT2D eigenvalue weighted by atomic mass is 10.1. The Kier molecular flexibility index (Phi) is 5.84. The first kappa shape index (κ1) is 20.8. The molecule has 0 saturated heterocycles. The van der Waals surface area contributed by atoms with Gasteiger partial charge in [-0.1, -0.05) is 30.3 Å². The molecule has 4 rings (SSSR count). The highest BCUT2D eigenvalue weighted by atomic mass is 16.2. The summed E-state index contributed by atoms with van der Waals surface area (Å²) < 4.78 is 3.77. The van der Waals surface area contributed by atoms with Crippen molar-refractivity contribution in [2.45, 2.75) is 46.7 Å². The molecule has 0 unspecified atom stereocenters. The van der Waals surface area contributed by atoms with Crippen molar-refractivity contribution in [1.29, 1.82) is 0 Å². The molecular weight excluding hydrogens is 388 g/mol. The van der Waals surface area contributed by atoms with Crippen molar-refractivity contribution in [1.82, 2.24) is 29.3 Å². The van der Waals surface area contributed by atoms with Crippen LogP contribution in [0.15, 0.2) is 48.8 Å². The van der Waals surface area contributed by atoms with Crippen LogP contribution in [0.4, 0.5) is 0 Å². The van der Waals surface area contributed by atoms with Gasteiger partial charge in [0.05, 0.1) is 18.4 Å². The minimum absolute atomic E-state index is 0.103. The van der Waals surface area contributed by atoms with Gasteiger partial charge in [-0.05, 0) is 38.3 Å². The molecule has 0 fully saturated rings. The van der Waals surface area contributed by atoms with E-state index in [2.05, 4.69) is 27.3 Å². The smallest absolute Gasteiger partial charge is 0.222 e. The van der Waals surface area contributed by atoms with E-state index >= 15 is 0 Å². The Morgan fingerprint density at radius 1 is 1.10 bits per heavy atom. The Balaban J connectivity index is 1.37. The average Bonchev–Trinajstić information content (AvgIpc) is 3.34. The van der Waals surface area contributed by atoms with Crippen LogP contribution in [0.1, 0.15) is 40.2 Å². The summed E-state index contributed by atoms with van der Waals surface area (Å²) in [5.41, 5.74) is 7.12. The first-order valence-electron chi connectivity index (χ1n) is 10.5. The van der Waals surface area contributed by atoms with Crippen molar-refractivity contribution in [3.63, 3.8) is 0 Å². The molecule has 0 N–H and O–H groups in total. The summed E-state index contributed by atoms with van der Waals surface area (Å²) in [5.74, 6) is 0.103. The molecule has 31 heavy (non-hydrogen) atoms. The van der Waals surface area contributed by atoms with Gasteiger partial charge in [-0.25, -0.2) is 9.50 Å². The molecule has 0 atom stereocenters. The molecule has 0 bridgehead atoms. The molecule has 0 spiro atoms. The molecule has 0 saturated carbocycles. The molecule has 1 aromatic carbocycles. The maximum atomic E-state index is 12.8. The fraction of sp³-hybridized carbons (Fsp3) is 0.333. The van der Waals surface area contributed by atoms with Crippen molar-refractivity contribution in [2.75, 3.05) is 7.05 Å². The Morgan fingerprint density at radius 3 is 2.65 bits per heavy atom. The molecule has 7 nitrogen and oxygen atoms in total. The van der Waals surface area contributed by atoms with Crippen LogP contribution >= 0.6 is 0 Å². The van der Waals surface area contributed by atoms with Gasteiger partial charge in [-0.15, -0.1) is 0 Å². The maximum absolute atomic E-state index is 12.8. The number of carbonyl (C=O) groups excluding carboxylic acids is 1. The van der Waals surface area contributed by atoms with Crippen LogP contribution < -0.4 is 0 Å². The van der Waals surface area contributed by atoms with E-state index in [-0.39, 0.29) is 5.91 Å². The van der Waals surface area contributed by atoms with Crippen molar-refractivity contribution >= 4 is 11.6 Å². The van der Waals surface area contributed by atoms with Crippen molar-refractivity contribution in [3.8, 4) is 0 Å². The van der Waals surface area contributed by atoms with Gasteiger partial charge in [0, 0.05) is 49.2 Å². The lowest BCUT2D eigenvalue weighted by Crippen LogP contribution is -2.26. The van der Waals surface area contributed by atoms with Gasteiger partial charge in [0.15, 0.2) is 5.65 Å². The van der Waals surface area contributed by atoms with Gasteiger partial charge in [0.1, 0.15) is 0 Å². The SMILES string of the molecule is Cc1cc2nc(C)c(CCC(=O)N(C)Cc3cnn(Cc4ccccc4)c3)c(C)n2n1. The monoisotopic (exact) mass is 416 g/mol. The van der Waals surface area contributed by atoms with Gasteiger partial charge in [0.25, 0.3) is 0 Å². The number of fused-ring (bicyclic) bond motifs is 1. The van der Waals surface area contributed by atoms with E-state index in [4.69, 9.17) is 0 Å². The topological polar surface area (TPSA) is 68.3 Å². The summed E-state index contributed by atoms with van der Waals surface area (Å²) in [6.45, 7) is 7.27. The van der Waals surface area contributed by atoms with Crippen LogP contribution in [-0.2, 0) is 24.3 Å². The first-order chi connectivity index (χ1) is 14.9. The van der Waals surface area contributed by atoms with E-state index in [1.807, 2.05) is 73.7 Å². The molecule has 1 amide bonds. The van der Waals surface area contributed by atoms with Gasteiger partial charge >= 0.3 is 0 Å². The van der Waals surface area contributed by atoms with Crippen molar-refractivity contribution in [2.24, 2.45) is 0 Å². The van der Waals surface area contributed by atoms with Gasteiger partial charge in [-0.3, -0.25) is 9.48 Å². The molecule has 0 radical (unpaired) electrons. The minimum Gasteiger partial charge on any atom is -0.341 e. The molecule has 7 heteroatoms. The third kappa shape index (κ3) is 4.66. The second kappa shape index (κ2) is 8.71. The van der Waals surface area contributed by atoms with E-state index < -0.39 is 0 Å². The number of hydrogen-bond donors (Lipinski definition) is 0. The number of nitrogens with zero attached hydrogens (tertiary/aromatic N) is 6. The lowest BCUT2D eigenvalue weighted by molar-refractivity contribution is -0.130. The van der Waals surface area contributed by atoms with Crippen molar-refractivity contribution in [3.05, 3.63) is 82.6 Å². The van der Waals surface area contributed by atoms with E-state index in [1.54, 1.807) is 4.90 Å². The van der Waals surface area contributed by atoms with E-state index in [1.165, 1.54) is 5.56 Å². The number of amides is 1. The summed E-state index contributed by atoms with van der Waals surface area (Å²) in [6, 6.07) is 12.2. The van der Waals surface area contributed by atoms with E-state index in [0.29, 0.717) is 19.4 Å². The first-order valence-corrected chi connectivity index (χ1v) is 10.5. The summed E-state index contributed by atoms with van der Waals surface area (Å²) in [4.78, 5) is 19.2. The number of hydrogen-bond acceptors (Lipinski definition) is 4. The Labute approximate surface area is 182 Å². The quantitative estimate of drug-likeness (QED) is 0.462. The molecule has 4 aromatic rings. The Morgan fingerprint density at radius 2 is 1.87 bits per heavy atom. The molecule has 3 aromatic heterocycles. The average molecular weight is 417 g/mol. The zero-order valence-electron chi connectivity index (χ0n) is 18.5. The fourth-order valence-corrected chi connectivity index (χ4v) is 3.93. The highest BCUT2D eigenvalue weighted by Crippen LogP contribution is 2.17. The number of benzene rings is 1. The molecule has 3 heterocycles. The van der Waals surface area contributed by atoms with Crippen LogP contribution in [0.3, 0.4) is 0 Å². The van der Waals surface area contributed by atoms with Gasteiger partial charge < -0.3 is 4.90 Å². The van der Waals surface area contributed by atoms with Crippen LogP contribution in [0.25, 0.3) is 5.65 Å². The highest BCUT2D eigenvalue weighted by molar-refractivity contribution is 5.76. The standard InChI is InChI=1S/C24H28N6O/c1-17-12-23-26-18(2)22(19(3)30(23)27-17)10-11-24(31)28(4)14-21-13-25-29(16-21)15-20-8-6-5-7-9-20/h5-9,12-13,16H,10-11,14-15H2,1-4H3. The number of aromatic nitrogens is 5. The molecule has 160 valence electrons. The van der Waals surface area contributed by atoms with Crippen LogP contribution in [0, 0.1) is 20.8 Å². The zero-order valence-corrected chi connectivity index (χ0v) is 18.5. The molecule has 0 aliphatic carbocycles. The zero-order chi connectivity index (χ0) is 22.0. The van der Waals surface area contributed by atoms with Crippen LogP contribution in [-0.4, -0.2) is 42.2 Å². The fourth-order valence-electron chi connectivity index (χ4n) is 3.93. The second-order valence-electron chi connectivity index (χ2n) is 8.10. The molecular formula is C24H28N6O. The van der Waals surface area contributed by atoms with Crippen molar-refractivity contribution < 1.29 is 4.79 Å². The highest BCUT2D eigenvalue weighted by Gasteiger charge is 2.15. The third-order valence-corrected chi connectivity index (χ3v) is 5.59. The number of rotatable bonds is 7. The van der Waals surface area contributed by atoms with Gasteiger partial charge in [0.2, 0.25) is 5.91 Å². The predicted octanol–water partition coefficient (Wildman–Crippen LogP) is 3.49. The molecule has 0 aliphatic heterocycles. The van der Waals surface area contributed by atoms with Gasteiger partial charge in [-0.2, -0.15) is 10.2 Å². The largest absolute Gasteiger partial charge is 0.341 e. The summed E-state index contributed by atoms with van der Waals surface area (Å²) in [6.07, 6.45) is 4.92. The Bertz CT molecular complexity index is 1210. The number of aryl methyl sites for hydroxylation is 3. The lowest BCUT2D eigenvalue weighted by Gasteiger charge is -2.17. The van der Waals surface area contributed by atoms with E-state index in [0.717, 1.165) is 40.4 Å². The summed E-state index contributed by atoms with van der Waals surface area (Å²) in [5, 5.41) is 8.95. The van der Waals surface area contributed by atoms with Crippen LogP contribution in [0.2, 0.25) is 0 Å². The Hall–Kier alpha value is -3.48. The third-order valence-electron chi connectivity index (χ3n) is 5.59. The molecule has 0 aliphatic rings. The minimum atomic E-state index is 0.103. The maximum Gasteiger partial charge on any atom is 0.222 e.